The van der Waals surface area contributed by atoms with E-state index in [1.165, 1.54) is 5.56 Å². The van der Waals surface area contributed by atoms with Crippen LogP contribution in [0.4, 0.5) is 0 Å². The van der Waals surface area contributed by atoms with Crippen LogP contribution in [0.2, 0.25) is 0 Å². The minimum Gasteiger partial charge on any atom is -0.291 e. The van der Waals surface area contributed by atoms with E-state index in [9.17, 15) is 0 Å². The van der Waals surface area contributed by atoms with Crippen molar-refractivity contribution in [1.82, 2.24) is 5.06 Å². The van der Waals surface area contributed by atoms with Crippen LogP contribution in [0.1, 0.15) is 18.1 Å². The molecule has 1 atom stereocenters. The van der Waals surface area contributed by atoms with E-state index in [1.807, 2.05) is 18.2 Å². The standard InChI is InChI=1S/C10H13NO/c1-11-8-7-10(12-11)9-5-3-2-4-6-9/h2-6,10H,7-8H2,1H3. The molecule has 0 amide bonds. The molecule has 1 aromatic rings. The molecule has 1 heterocycles. The maximum Gasteiger partial charge on any atom is 0.106 e. The highest BCUT2D eigenvalue weighted by atomic mass is 16.7. The summed E-state index contributed by atoms with van der Waals surface area (Å²) < 4.78 is 0. The van der Waals surface area contributed by atoms with E-state index in [-0.39, 0.29) is 6.10 Å². The van der Waals surface area contributed by atoms with E-state index in [0.717, 1.165) is 13.0 Å². The van der Waals surface area contributed by atoms with Gasteiger partial charge in [0.05, 0.1) is 0 Å². The third-order valence-electron chi connectivity index (χ3n) is 2.18. The van der Waals surface area contributed by atoms with Gasteiger partial charge in [-0.25, -0.2) is 0 Å². The predicted molar refractivity (Wildman–Crippen MR) is 47.5 cm³/mol. The Morgan fingerprint density at radius 3 is 2.67 bits per heavy atom. The Hall–Kier alpha value is -0.860. The Morgan fingerprint density at radius 1 is 1.33 bits per heavy atom. The molecule has 1 fully saturated rings. The summed E-state index contributed by atoms with van der Waals surface area (Å²) in [6.07, 6.45) is 1.37. The van der Waals surface area contributed by atoms with Crippen LogP contribution in [0.3, 0.4) is 0 Å². The minimum atomic E-state index is 0.274. The molecule has 2 rings (SSSR count). The smallest absolute Gasteiger partial charge is 0.106 e. The fourth-order valence-corrected chi connectivity index (χ4v) is 1.52. The first-order valence-electron chi connectivity index (χ1n) is 4.29. The maximum atomic E-state index is 5.58. The number of hydrogen-bond acceptors (Lipinski definition) is 2. The van der Waals surface area contributed by atoms with Gasteiger partial charge in [-0.3, -0.25) is 4.84 Å². The zero-order chi connectivity index (χ0) is 8.39. The number of hydrogen-bond donors (Lipinski definition) is 0. The van der Waals surface area contributed by atoms with Crippen molar-refractivity contribution < 1.29 is 4.84 Å². The summed E-state index contributed by atoms with van der Waals surface area (Å²) in [5.74, 6) is 0. The van der Waals surface area contributed by atoms with Crippen molar-refractivity contribution in [3.63, 3.8) is 0 Å². The molecular formula is C10H13NO. The van der Waals surface area contributed by atoms with E-state index in [4.69, 9.17) is 4.84 Å². The van der Waals surface area contributed by atoms with Crippen LogP contribution in [0.15, 0.2) is 30.3 Å². The quantitative estimate of drug-likeness (QED) is 0.627. The van der Waals surface area contributed by atoms with Gasteiger partial charge in [-0.05, 0) is 12.0 Å². The van der Waals surface area contributed by atoms with Gasteiger partial charge in [0.25, 0.3) is 0 Å². The fraction of sp³-hybridized carbons (Fsp3) is 0.400. The molecule has 1 unspecified atom stereocenters. The first-order chi connectivity index (χ1) is 5.86. The molecule has 2 nitrogen and oxygen atoms in total. The molecule has 1 aliphatic rings. The van der Waals surface area contributed by atoms with E-state index >= 15 is 0 Å². The van der Waals surface area contributed by atoms with Gasteiger partial charge in [0.1, 0.15) is 6.10 Å². The molecule has 64 valence electrons. The normalized spacial score (nSPS) is 24.6. The number of nitrogens with zero attached hydrogens (tertiary/aromatic N) is 1. The molecule has 12 heavy (non-hydrogen) atoms. The molecule has 0 bridgehead atoms. The summed E-state index contributed by atoms with van der Waals surface area (Å²) in [4.78, 5) is 5.58. The molecule has 1 aromatic carbocycles. The average molecular weight is 163 g/mol. The van der Waals surface area contributed by atoms with Crippen LogP contribution in [-0.4, -0.2) is 18.7 Å². The van der Waals surface area contributed by atoms with Gasteiger partial charge in [-0.15, -0.1) is 0 Å². The fourth-order valence-electron chi connectivity index (χ4n) is 1.52. The Labute approximate surface area is 72.7 Å². The Bertz CT molecular complexity index is 247. The first kappa shape index (κ1) is 7.77. The van der Waals surface area contributed by atoms with Crippen molar-refractivity contribution >= 4 is 0 Å². The largest absolute Gasteiger partial charge is 0.291 e. The molecule has 0 radical (unpaired) electrons. The Balaban J connectivity index is 2.11. The molecule has 1 saturated heterocycles. The number of rotatable bonds is 1. The summed E-state index contributed by atoms with van der Waals surface area (Å²) in [7, 11) is 1.98. The van der Waals surface area contributed by atoms with E-state index < -0.39 is 0 Å². The first-order valence-corrected chi connectivity index (χ1v) is 4.29. The highest BCUT2D eigenvalue weighted by molar-refractivity contribution is 5.17. The van der Waals surface area contributed by atoms with Crippen molar-refractivity contribution in [2.45, 2.75) is 12.5 Å². The Morgan fingerprint density at radius 2 is 2.08 bits per heavy atom. The summed E-state index contributed by atoms with van der Waals surface area (Å²) in [5.41, 5.74) is 1.28. The zero-order valence-corrected chi connectivity index (χ0v) is 7.23. The van der Waals surface area contributed by atoms with Crippen LogP contribution in [0.5, 0.6) is 0 Å². The zero-order valence-electron chi connectivity index (χ0n) is 7.23. The van der Waals surface area contributed by atoms with Gasteiger partial charge < -0.3 is 0 Å². The average Bonchev–Trinajstić information content (AvgIpc) is 2.54. The number of hydroxylamine groups is 2. The van der Waals surface area contributed by atoms with Crippen LogP contribution < -0.4 is 0 Å². The summed E-state index contributed by atoms with van der Waals surface area (Å²) >= 11 is 0. The van der Waals surface area contributed by atoms with Crippen LogP contribution in [0.25, 0.3) is 0 Å². The van der Waals surface area contributed by atoms with Crippen molar-refractivity contribution in [1.29, 1.82) is 0 Å². The summed E-state index contributed by atoms with van der Waals surface area (Å²) in [6, 6.07) is 10.4. The lowest BCUT2D eigenvalue weighted by Gasteiger charge is -2.10. The molecule has 0 N–H and O–H groups in total. The number of benzene rings is 1. The molecule has 0 aliphatic carbocycles. The lowest BCUT2D eigenvalue weighted by Crippen LogP contribution is -2.10. The van der Waals surface area contributed by atoms with E-state index in [1.54, 1.807) is 0 Å². The third kappa shape index (κ3) is 1.49. The second-order valence-corrected chi connectivity index (χ2v) is 3.14. The topological polar surface area (TPSA) is 12.5 Å². The van der Waals surface area contributed by atoms with E-state index in [2.05, 4.69) is 24.3 Å². The second kappa shape index (κ2) is 3.25. The highest BCUT2D eigenvalue weighted by Crippen LogP contribution is 2.26. The minimum absolute atomic E-state index is 0.274. The molecular weight excluding hydrogens is 150 g/mol. The van der Waals surface area contributed by atoms with Crippen LogP contribution in [-0.2, 0) is 4.84 Å². The molecule has 1 aliphatic heterocycles. The van der Waals surface area contributed by atoms with Crippen LogP contribution in [0, 0.1) is 0 Å². The maximum absolute atomic E-state index is 5.58. The highest BCUT2D eigenvalue weighted by Gasteiger charge is 2.21. The van der Waals surface area contributed by atoms with Crippen molar-refractivity contribution in [3.8, 4) is 0 Å². The van der Waals surface area contributed by atoms with Gasteiger partial charge >= 0.3 is 0 Å². The van der Waals surface area contributed by atoms with Crippen molar-refractivity contribution in [2.24, 2.45) is 0 Å². The lowest BCUT2D eigenvalue weighted by atomic mass is 10.1. The molecule has 0 saturated carbocycles. The molecule has 2 heteroatoms. The van der Waals surface area contributed by atoms with Gasteiger partial charge in [0, 0.05) is 13.6 Å². The van der Waals surface area contributed by atoms with Gasteiger partial charge in [0.15, 0.2) is 0 Å². The van der Waals surface area contributed by atoms with Gasteiger partial charge in [-0.2, -0.15) is 5.06 Å². The third-order valence-corrected chi connectivity index (χ3v) is 2.18. The monoisotopic (exact) mass is 163 g/mol. The Kier molecular flexibility index (Phi) is 2.11. The SMILES string of the molecule is CN1CCC(c2ccccc2)O1. The molecule has 0 aromatic heterocycles. The van der Waals surface area contributed by atoms with Crippen molar-refractivity contribution in [2.75, 3.05) is 13.6 Å². The van der Waals surface area contributed by atoms with Gasteiger partial charge in [-0.1, -0.05) is 30.3 Å². The van der Waals surface area contributed by atoms with Crippen molar-refractivity contribution in [3.05, 3.63) is 35.9 Å². The van der Waals surface area contributed by atoms with Crippen LogP contribution >= 0.6 is 0 Å². The summed E-state index contributed by atoms with van der Waals surface area (Å²) in [5, 5.41) is 1.90. The molecule has 0 spiro atoms. The van der Waals surface area contributed by atoms with E-state index in [0.29, 0.717) is 0 Å². The predicted octanol–water partition coefficient (Wildman–Crippen LogP) is 1.99. The lowest BCUT2D eigenvalue weighted by molar-refractivity contribution is -0.128. The second-order valence-electron chi connectivity index (χ2n) is 3.14. The summed E-state index contributed by atoms with van der Waals surface area (Å²) in [6.45, 7) is 1.03. The van der Waals surface area contributed by atoms with Gasteiger partial charge in [0.2, 0.25) is 0 Å².